The van der Waals surface area contributed by atoms with E-state index in [0.29, 0.717) is 5.56 Å². The van der Waals surface area contributed by atoms with Crippen LogP contribution in [0.4, 0.5) is 0 Å². The van der Waals surface area contributed by atoms with E-state index in [1.54, 1.807) is 10.9 Å². The van der Waals surface area contributed by atoms with E-state index in [9.17, 15) is 10.2 Å². The Morgan fingerprint density at radius 3 is 2.94 bits per heavy atom. The second kappa shape index (κ2) is 6.29. The van der Waals surface area contributed by atoms with E-state index in [2.05, 4.69) is 5.10 Å². The Morgan fingerprint density at radius 1 is 1.44 bits per heavy atom. The van der Waals surface area contributed by atoms with Crippen LogP contribution in [0.15, 0.2) is 12.4 Å². The fourth-order valence-corrected chi connectivity index (χ4v) is 2.11. The minimum absolute atomic E-state index is 0.0744. The van der Waals surface area contributed by atoms with Crippen LogP contribution in [0.2, 0.25) is 0 Å². The van der Waals surface area contributed by atoms with Gasteiger partial charge in [-0.1, -0.05) is 0 Å². The molecular formula is C12H20N2O4. The number of nitrogens with zero attached hydrogens (tertiary/aromatic N) is 2. The first kappa shape index (κ1) is 13.5. The largest absolute Gasteiger partial charge is 0.396 e. The zero-order valence-corrected chi connectivity index (χ0v) is 10.3. The number of rotatable bonds is 5. The van der Waals surface area contributed by atoms with Crippen LogP contribution in [0.3, 0.4) is 0 Å². The topological polar surface area (TPSA) is 87.7 Å². The molecule has 102 valence electrons. The van der Waals surface area contributed by atoms with Gasteiger partial charge in [0.05, 0.1) is 12.3 Å². The molecule has 1 aromatic rings. The number of ether oxygens (including phenoxy) is 1. The van der Waals surface area contributed by atoms with Gasteiger partial charge in [0.1, 0.15) is 12.3 Å². The summed E-state index contributed by atoms with van der Waals surface area (Å²) in [5, 5.41) is 32.4. The molecule has 0 bridgehead atoms. The van der Waals surface area contributed by atoms with Crippen LogP contribution in [0, 0.1) is 0 Å². The third kappa shape index (κ3) is 3.08. The quantitative estimate of drug-likeness (QED) is 0.708. The van der Waals surface area contributed by atoms with E-state index in [-0.39, 0.29) is 19.3 Å². The van der Waals surface area contributed by atoms with Crippen molar-refractivity contribution in [1.82, 2.24) is 9.78 Å². The van der Waals surface area contributed by atoms with Crippen LogP contribution >= 0.6 is 0 Å². The van der Waals surface area contributed by atoms with Crippen LogP contribution in [0.5, 0.6) is 0 Å². The van der Waals surface area contributed by atoms with Crippen molar-refractivity contribution >= 4 is 0 Å². The zero-order valence-electron chi connectivity index (χ0n) is 10.3. The summed E-state index contributed by atoms with van der Waals surface area (Å²) >= 11 is 0. The highest BCUT2D eigenvalue weighted by Crippen LogP contribution is 2.24. The molecule has 0 radical (unpaired) electrons. The molecule has 0 spiro atoms. The molecule has 2 heterocycles. The third-order valence-corrected chi connectivity index (χ3v) is 3.20. The monoisotopic (exact) mass is 256 g/mol. The highest BCUT2D eigenvalue weighted by molar-refractivity contribution is 5.10. The number of aliphatic hydroxyl groups excluding tert-OH is 3. The molecular weight excluding hydrogens is 236 g/mol. The molecule has 3 atom stereocenters. The summed E-state index contributed by atoms with van der Waals surface area (Å²) in [6.07, 6.45) is 4.40. The van der Waals surface area contributed by atoms with Crippen molar-refractivity contribution < 1.29 is 20.1 Å². The van der Waals surface area contributed by atoms with Gasteiger partial charge in [0.25, 0.3) is 0 Å². The summed E-state index contributed by atoms with van der Waals surface area (Å²) in [5.74, 6) is 0. The predicted molar refractivity (Wildman–Crippen MR) is 63.7 cm³/mol. The maximum Gasteiger partial charge on any atom is 0.150 e. The van der Waals surface area contributed by atoms with Gasteiger partial charge in [0.15, 0.2) is 0 Å². The van der Waals surface area contributed by atoms with Gasteiger partial charge in [-0.3, -0.25) is 0 Å². The number of aliphatic hydroxyl groups is 3. The molecule has 1 saturated heterocycles. The molecule has 2 rings (SSSR count). The van der Waals surface area contributed by atoms with E-state index in [4.69, 9.17) is 9.84 Å². The Kier molecular flexibility index (Phi) is 4.71. The lowest BCUT2D eigenvalue weighted by atomic mass is 10.1. The first-order chi connectivity index (χ1) is 8.72. The van der Waals surface area contributed by atoms with Gasteiger partial charge in [-0.2, -0.15) is 5.10 Å². The normalized spacial score (nSPS) is 23.8. The molecule has 1 aliphatic rings. The third-order valence-electron chi connectivity index (χ3n) is 3.20. The minimum Gasteiger partial charge on any atom is -0.396 e. The van der Waals surface area contributed by atoms with Gasteiger partial charge in [-0.25, -0.2) is 4.68 Å². The van der Waals surface area contributed by atoms with Crippen LogP contribution in [-0.2, 0) is 4.74 Å². The standard InChI is InChI=1S/C12H20N2O4/c15-5-4-10(16)12(17)9-7-13-14(8-9)11-3-1-2-6-18-11/h7-8,10-12,15-17H,1-6H2/t10?,11-,12?/m0/s1. The average Bonchev–Trinajstić information content (AvgIpc) is 2.89. The van der Waals surface area contributed by atoms with Gasteiger partial charge in [-0.05, 0) is 25.7 Å². The summed E-state index contributed by atoms with van der Waals surface area (Å²) in [7, 11) is 0. The molecule has 3 N–H and O–H groups in total. The van der Waals surface area contributed by atoms with Crippen LogP contribution in [0.25, 0.3) is 0 Å². The number of aromatic nitrogens is 2. The van der Waals surface area contributed by atoms with E-state index < -0.39 is 12.2 Å². The lowest BCUT2D eigenvalue weighted by Crippen LogP contribution is -2.20. The Morgan fingerprint density at radius 2 is 2.28 bits per heavy atom. The Balaban J connectivity index is 2.00. The van der Waals surface area contributed by atoms with Gasteiger partial charge in [-0.15, -0.1) is 0 Å². The maximum absolute atomic E-state index is 9.88. The molecule has 0 aliphatic carbocycles. The fourth-order valence-electron chi connectivity index (χ4n) is 2.11. The van der Waals surface area contributed by atoms with Crippen molar-refractivity contribution in [2.75, 3.05) is 13.2 Å². The minimum atomic E-state index is -1.02. The van der Waals surface area contributed by atoms with E-state index in [0.717, 1.165) is 25.9 Å². The Bertz CT molecular complexity index is 363. The maximum atomic E-state index is 9.88. The van der Waals surface area contributed by atoms with Crippen LogP contribution < -0.4 is 0 Å². The van der Waals surface area contributed by atoms with Gasteiger partial charge in [0.2, 0.25) is 0 Å². The summed E-state index contributed by atoms with van der Waals surface area (Å²) in [4.78, 5) is 0. The Labute approximate surface area is 106 Å². The first-order valence-electron chi connectivity index (χ1n) is 6.35. The lowest BCUT2D eigenvalue weighted by Gasteiger charge is -2.22. The predicted octanol–water partition coefficient (Wildman–Crippen LogP) is 0.359. The number of hydrogen-bond donors (Lipinski definition) is 3. The smallest absolute Gasteiger partial charge is 0.150 e. The van der Waals surface area contributed by atoms with Crippen molar-refractivity contribution in [2.24, 2.45) is 0 Å². The second-order valence-corrected chi connectivity index (χ2v) is 4.60. The summed E-state index contributed by atoms with van der Waals surface area (Å²) in [6.45, 7) is 0.577. The highest BCUT2D eigenvalue weighted by Gasteiger charge is 2.22. The molecule has 0 amide bonds. The fraction of sp³-hybridized carbons (Fsp3) is 0.750. The molecule has 1 aromatic heterocycles. The molecule has 6 heteroatoms. The van der Waals surface area contributed by atoms with Crippen LogP contribution in [0.1, 0.15) is 43.6 Å². The average molecular weight is 256 g/mol. The molecule has 18 heavy (non-hydrogen) atoms. The zero-order chi connectivity index (χ0) is 13.0. The van der Waals surface area contributed by atoms with Gasteiger partial charge >= 0.3 is 0 Å². The SMILES string of the molecule is OCCC(O)C(O)c1cnn([C@@H]2CCCCO2)c1. The lowest BCUT2D eigenvalue weighted by molar-refractivity contribution is -0.0399. The van der Waals surface area contributed by atoms with E-state index >= 15 is 0 Å². The van der Waals surface area contributed by atoms with E-state index in [1.165, 1.54) is 6.20 Å². The van der Waals surface area contributed by atoms with Gasteiger partial charge < -0.3 is 20.1 Å². The number of hydrogen-bond acceptors (Lipinski definition) is 5. The van der Waals surface area contributed by atoms with Crippen molar-refractivity contribution in [1.29, 1.82) is 0 Å². The van der Waals surface area contributed by atoms with Crippen molar-refractivity contribution in [2.45, 2.75) is 44.1 Å². The molecule has 6 nitrogen and oxygen atoms in total. The van der Waals surface area contributed by atoms with Crippen LogP contribution in [-0.4, -0.2) is 44.4 Å². The molecule has 0 saturated carbocycles. The van der Waals surface area contributed by atoms with Crippen molar-refractivity contribution in [3.63, 3.8) is 0 Å². The van der Waals surface area contributed by atoms with Crippen molar-refractivity contribution in [3.05, 3.63) is 18.0 Å². The van der Waals surface area contributed by atoms with Crippen molar-refractivity contribution in [3.8, 4) is 0 Å². The molecule has 0 aromatic carbocycles. The van der Waals surface area contributed by atoms with E-state index in [1.807, 2.05) is 0 Å². The second-order valence-electron chi connectivity index (χ2n) is 4.60. The summed E-state index contributed by atoms with van der Waals surface area (Å²) < 4.78 is 7.27. The summed E-state index contributed by atoms with van der Waals surface area (Å²) in [6, 6.07) is 0. The molecule has 2 unspecified atom stereocenters. The van der Waals surface area contributed by atoms with Gasteiger partial charge in [0, 0.05) is 25.0 Å². The summed E-state index contributed by atoms with van der Waals surface area (Å²) in [5.41, 5.74) is 0.546. The first-order valence-corrected chi connectivity index (χ1v) is 6.35. The Hall–Kier alpha value is -0.950. The molecule has 1 fully saturated rings. The highest BCUT2D eigenvalue weighted by atomic mass is 16.5. The molecule has 1 aliphatic heterocycles.